The van der Waals surface area contributed by atoms with Gasteiger partial charge in [-0.25, -0.2) is 4.98 Å². The van der Waals surface area contributed by atoms with E-state index in [1.54, 1.807) is 11.3 Å². The predicted molar refractivity (Wildman–Crippen MR) is 73.3 cm³/mol. The molecule has 4 nitrogen and oxygen atoms in total. The van der Waals surface area contributed by atoms with E-state index in [0.717, 1.165) is 28.4 Å². The Morgan fingerprint density at radius 2 is 2.00 bits per heavy atom. The number of nitrogens with zero attached hydrogens (tertiary/aromatic N) is 3. The van der Waals surface area contributed by atoms with Gasteiger partial charge in [-0.2, -0.15) is 0 Å². The van der Waals surface area contributed by atoms with E-state index >= 15 is 0 Å². The first-order chi connectivity index (χ1) is 8.10. The zero-order valence-corrected chi connectivity index (χ0v) is 11.9. The van der Waals surface area contributed by atoms with E-state index in [2.05, 4.69) is 36.0 Å². The number of hydrogen-bond donors (Lipinski definition) is 1. The number of nitrogens with two attached hydrogens (primary N) is 1. The van der Waals surface area contributed by atoms with E-state index in [1.165, 1.54) is 16.3 Å². The third kappa shape index (κ3) is 2.81. The molecule has 6 heteroatoms. The van der Waals surface area contributed by atoms with Crippen molar-refractivity contribution in [1.29, 1.82) is 0 Å². The molecule has 0 bridgehead atoms. The summed E-state index contributed by atoms with van der Waals surface area (Å²) in [6.45, 7) is 6.52. The van der Waals surface area contributed by atoms with Crippen molar-refractivity contribution in [2.45, 2.75) is 33.6 Å². The zero-order valence-electron chi connectivity index (χ0n) is 10.2. The van der Waals surface area contributed by atoms with Crippen molar-refractivity contribution < 1.29 is 0 Å². The van der Waals surface area contributed by atoms with Gasteiger partial charge in [0.25, 0.3) is 0 Å². The lowest BCUT2D eigenvalue weighted by molar-refractivity contribution is 0.643. The number of aryl methyl sites for hydroxylation is 1. The smallest absolute Gasteiger partial charge is 0.203 e. The van der Waals surface area contributed by atoms with Crippen molar-refractivity contribution in [3.8, 4) is 9.88 Å². The molecule has 0 radical (unpaired) electrons. The van der Waals surface area contributed by atoms with Crippen molar-refractivity contribution in [1.82, 2.24) is 15.2 Å². The molecule has 0 aliphatic rings. The molecule has 2 aromatic heterocycles. The number of thiazole rings is 1. The average molecular weight is 268 g/mol. The fourth-order valence-electron chi connectivity index (χ4n) is 1.57. The van der Waals surface area contributed by atoms with E-state index < -0.39 is 0 Å². The third-order valence-corrected chi connectivity index (χ3v) is 4.32. The average Bonchev–Trinajstić information content (AvgIpc) is 2.83. The maximum atomic E-state index is 5.62. The third-order valence-electron chi connectivity index (χ3n) is 2.29. The lowest BCUT2D eigenvalue weighted by Gasteiger charge is -1.98. The molecule has 0 fully saturated rings. The molecule has 2 rings (SSSR count). The van der Waals surface area contributed by atoms with E-state index in [1.807, 2.05) is 0 Å². The highest BCUT2D eigenvalue weighted by molar-refractivity contribution is 7.23. The Hall–Kier alpha value is -1.01. The molecule has 0 unspecified atom stereocenters. The second kappa shape index (κ2) is 5.10. The summed E-state index contributed by atoms with van der Waals surface area (Å²) in [6.07, 6.45) is 1.94. The summed E-state index contributed by atoms with van der Waals surface area (Å²) in [5, 5.41) is 10.6. The Balaban J connectivity index is 2.35. The minimum absolute atomic E-state index is 0.515. The van der Waals surface area contributed by atoms with Crippen LogP contribution in [0.3, 0.4) is 0 Å². The van der Waals surface area contributed by atoms with Gasteiger partial charge in [-0.1, -0.05) is 32.1 Å². The minimum atomic E-state index is 0.515. The molecule has 92 valence electrons. The van der Waals surface area contributed by atoms with E-state index in [4.69, 9.17) is 5.73 Å². The number of nitrogen functional groups attached to an aromatic ring is 1. The normalized spacial score (nSPS) is 11.3. The van der Waals surface area contributed by atoms with Gasteiger partial charge in [0.2, 0.25) is 5.13 Å². The highest BCUT2D eigenvalue weighted by Gasteiger charge is 2.15. The molecule has 2 heterocycles. The number of rotatable bonds is 4. The number of hydrogen-bond acceptors (Lipinski definition) is 6. The first-order valence-electron chi connectivity index (χ1n) is 5.68. The zero-order chi connectivity index (χ0) is 12.4. The van der Waals surface area contributed by atoms with Gasteiger partial charge in [0.05, 0.1) is 15.6 Å². The van der Waals surface area contributed by atoms with Crippen LogP contribution in [0.15, 0.2) is 0 Å². The largest absolute Gasteiger partial charge is 0.374 e. The molecule has 17 heavy (non-hydrogen) atoms. The van der Waals surface area contributed by atoms with Gasteiger partial charge in [-0.3, -0.25) is 0 Å². The van der Waals surface area contributed by atoms with Crippen molar-refractivity contribution in [2.24, 2.45) is 5.92 Å². The summed E-state index contributed by atoms with van der Waals surface area (Å²) in [7, 11) is 0. The van der Waals surface area contributed by atoms with Gasteiger partial charge in [0.1, 0.15) is 0 Å². The molecule has 2 aromatic rings. The molecule has 0 aliphatic heterocycles. The maximum absolute atomic E-state index is 5.62. The van der Waals surface area contributed by atoms with Gasteiger partial charge >= 0.3 is 0 Å². The number of anilines is 1. The van der Waals surface area contributed by atoms with Gasteiger partial charge in [-0.05, 0) is 12.3 Å². The van der Waals surface area contributed by atoms with E-state index in [0.29, 0.717) is 11.0 Å². The van der Waals surface area contributed by atoms with Crippen molar-refractivity contribution >= 4 is 27.8 Å². The van der Waals surface area contributed by atoms with E-state index in [-0.39, 0.29) is 0 Å². The van der Waals surface area contributed by atoms with Gasteiger partial charge in [-0.15, -0.1) is 21.5 Å². The summed E-state index contributed by atoms with van der Waals surface area (Å²) >= 11 is 3.15. The van der Waals surface area contributed by atoms with Crippen LogP contribution in [0.2, 0.25) is 0 Å². The fourth-order valence-corrected chi connectivity index (χ4v) is 3.64. The maximum Gasteiger partial charge on any atom is 0.203 e. The molecule has 2 N–H and O–H groups in total. The van der Waals surface area contributed by atoms with Crippen molar-refractivity contribution in [2.75, 3.05) is 5.73 Å². The molecule has 0 amide bonds. The molecule has 0 saturated carbocycles. The van der Waals surface area contributed by atoms with Crippen molar-refractivity contribution in [3.05, 3.63) is 10.7 Å². The summed E-state index contributed by atoms with van der Waals surface area (Å²) in [6, 6.07) is 0. The monoisotopic (exact) mass is 268 g/mol. The highest BCUT2D eigenvalue weighted by atomic mass is 32.1. The van der Waals surface area contributed by atoms with Crippen molar-refractivity contribution in [3.63, 3.8) is 0 Å². The first-order valence-corrected chi connectivity index (χ1v) is 7.31. The predicted octanol–water partition coefficient (Wildman–Crippen LogP) is 3.00. The fraction of sp³-hybridized carbons (Fsp3) is 0.545. The number of aromatic nitrogens is 3. The topological polar surface area (TPSA) is 64.7 Å². The second-order valence-corrected chi connectivity index (χ2v) is 6.37. The molecule has 0 saturated heterocycles. The molecule has 0 aliphatic carbocycles. The van der Waals surface area contributed by atoms with Crippen LogP contribution in [-0.2, 0) is 12.8 Å². The molecule has 0 aromatic carbocycles. The molecular formula is C11H16N4S2. The lowest BCUT2D eigenvalue weighted by Crippen LogP contribution is -1.93. The van der Waals surface area contributed by atoms with Gasteiger partial charge in [0.15, 0.2) is 5.01 Å². The van der Waals surface area contributed by atoms with Gasteiger partial charge in [0, 0.05) is 6.42 Å². The Morgan fingerprint density at radius 3 is 2.53 bits per heavy atom. The summed E-state index contributed by atoms with van der Waals surface area (Å²) in [4.78, 5) is 5.81. The van der Waals surface area contributed by atoms with Crippen LogP contribution >= 0.6 is 22.7 Å². The van der Waals surface area contributed by atoms with Crippen LogP contribution in [0.1, 0.15) is 31.5 Å². The van der Waals surface area contributed by atoms with Crippen LogP contribution < -0.4 is 5.73 Å². The molecular weight excluding hydrogens is 252 g/mol. The summed E-state index contributed by atoms with van der Waals surface area (Å²) < 4.78 is 0. The first kappa shape index (κ1) is 12.4. The Bertz CT molecular complexity index is 501. The van der Waals surface area contributed by atoms with Crippen LogP contribution in [0.25, 0.3) is 9.88 Å². The van der Waals surface area contributed by atoms with Crippen LogP contribution in [-0.4, -0.2) is 15.2 Å². The molecule has 0 spiro atoms. The molecule has 0 atom stereocenters. The van der Waals surface area contributed by atoms with Crippen LogP contribution in [0, 0.1) is 5.92 Å². The SMILES string of the molecule is CCc1nc(CC(C)C)sc1-c1nnc(N)s1. The van der Waals surface area contributed by atoms with Gasteiger partial charge < -0.3 is 5.73 Å². The Kier molecular flexibility index (Phi) is 3.73. The lowest BCUT2D eigenvalue weighted by atomic mass is 10.1. The van der Waals surface area contributed by atoms with E-state index in [9.17, 15) is 0 Å². The quantitative estimate of drug-likeness (QED) is 0.925. The standard InChI is InChI=1S/C11H16N4S2/c1-4-7-9(10-14-15-11(12)17-10)16-8(13-7)5-6(2)3/h6H,4-5H2,1-3H3,(H2,12,15). The minimum Gasteiger partial charge on any atom is -0.374 e. The summed E-state index contributed by atoms with van der Waals surface area (Å²) in [5.74, 6) is 0.623. The highest BCUT2D eigenvalue weighted by Crippen LogP contribution is 2.34. The van der Waals surface area contributed by atoms with Crippen LogP contribution in [0.4, 0.5) is 5.13 Å². The van der Waals surface area contributed by atoms with Crippen LogP contribution in [0.5, 0.6) is 0 Å². The Labute approximate surface area is 109 Å². The summed E-state index contributed by atoms with van der Waals surface area (Å²) in [5.41, 5.74) is 6.74. The second-order valence-electron chi connectivity index (χ2n) is 4.28. The Morgan fingerprint density at radius 1 is 1.24 bits per heavy atom.